The van der Waals surface area contributed by atoms with Crippen molar-refractivity contribution in [1.82, 2.24) is 0 Å². The van der Waals surface area contributed by atoms with Crippen LogP contribution in [-0.4, -0.2) is 17.0 Å². The van der Waals surface area contributed by atoms with Crippen LogP contribution < -0.4 is 11.1 Å². The van der Waals surface area contributed by atoms with Crippen LogP contribution in [0.5, 0.6) is 0 Å². The number of benzene rings is 1. The Morgan fingerprint density at radius 2 is 2.05 bits per heavy atom. The van der Waals surface area contributed by atoms with Gasteiger partial charge in [0.1, 0.15) is 0 Å². The molecule has 114 valence electrons. The summed E-state index contributed by atoms with van der Waals surface area (Å²) in [5, 5.41) is 13.6. The second kappa shape index (κ2) is 5.63. The van der Waals surface area contributed by atoms with Crippen LogP contribution in [0.1, 0.15) is 30.4 Å². The Hall–Kier alpha value is -2.25. The van der Waals surface area contributed by atoms with Gasteiger partial charge in [0.15, 0.2) is 5.84 Å². The molecular formula is C13H14F3N3O2. The van der Waals surface area contributed by atoms with E-state index in [1.807, 2.05) is 0 Å². The zero-order chi connectivity index (χ0) is 15.6. The number of carbonyl (C=O) groups excluding carboxylic acids is 1. The summed E-state index contributed by atoms with van der Waals surface area (Å²) in [6.45, 7) is 0. The van der Waals surface area contributed by atoms with Crippen LogP contribution in [0.3, 0.4) is 0 Å². The molecule has 1 aliphatic carbocycles. The van der Waals surface area contributed by atoms with Crippen LogP contribution in [0.2, 0.25) is 0 Å². The van der Waals surface area contributed by atoms with E-state index in [1.165, 1.54) is 6.07 Å². The first-order valence-corrected chi connectivity index (χ1v) is 6.33. The number of hydrogen-bond acceptors (Lipinski definition) is 3. The normalized spacial score (nSPS) is 16.4. The highest BCUT2D eigenvalue weighted by Crippen LogP contribution is 2.34. The molecule has 4 N–H and O–H groups in total. The van der Waals surface area contributed by atoms with Crippen LogP contribution in [0.15, 0.2) is 23.4 Å². The molecular weight excluding hydrogens is 287 g/mol. The highest BCUT2D eigenvalue weighted by Gasteiger charge is 2.35. The fraction of sp³-hybridized carbons (Fsp3) is 0.385. The molecule has 0 unspecified atom stereocenters. The summed E-state index contributed by atoms with van der Waals surface area (Å²) in [4.78, 5) is 11.7. The van der Waals surface area contributed by atoms with Gasteiger partial charge >= 0.3 is 6.18 Å². The van der Waals surface area contributed by atoms with Crippen molar-refractivity contribution < 1.29 is 23.2 Å². The van der Waals surface area contributed by atoms with Gasteiger partial charge in [-0.1, -0.05) is 11.6 Å². The Morgan fingerprint density at radius 1 is 1.38 bits per heavy atom. The Morgan fingerprint density at radius 3 is 2.52 bits per heavy atom. The summed E-state index contributed by atoms with van der Waals surface area (Å²) in [5.41, 5.74) is 3.77. The van der Waals surface area contributed by atoms with Gasteiger partial charge in [0, 0.05) is 17.2 Å². The molecule has 0 radical (unpaired) electrons. The Balaban J connectivity index is 2.30. The van der Waals surface area contributed by atoms with E-state index in [9.17, 15) is 18.0 Å². The van der Waals surface area contributed by atoms with Crippen molar-refractivity contribution in [1.29, 1.82) is 0 Å². The first-order chi connectivity index (χ1) is 9.82. The molecule has 0 spiro atoms. The van der Waals surface area contributed by atoms with E-state index in [0.717, 1.165) is 31.4 Å². The molecule has 2 rings (SSSR count). The van der Waals surface area contributed by atoms with Crippen LogP contribution >= 0.6 is 0 Å². The zero-order valence-corrected chi connectivity index (χ0v) is 10.9. The summed E-state index contributed by atoms with van der Waals surface area (Å²) < 4.78 is 39.0. The maximum Gasteiger partial charge on any atom is 0.417 e. The molecule has 1 saturated carbocycles. The maximum atomic E-state index is 13.0. The monoisotopic (exact) mass is 301 g/mol. The van der Waals surface area contributed by atoms with Gasteiger partial charge in [-0.05, 0) is 31.0 Å². The largest absolute Gasteiger partial charge is 0.417 e. The van der Waals surface area contributed by atoms with Crippen LogP contribution in [0, 0.1) is 5.92 Å². The van der Waals surface area contributed by atoms with Crippen molar-refractivity contribution in [3.05, 3.63) is 29.3 Å². The summed E-state index contributed by atoms with van der Waals surface area (Å²) in [6, 6.07) is 3.14. The van der Waals surface area contributed by atoms with Gasteiger partial charge in [0.05, 0.1) is 5.56 Å². The van der Waals surface area contributed by atoms with Crippen LogP contribution in [0.4, 0.5) is 18.9 Å². The number of halogens is 3. The minimum Gasteiger partial charge on any atom is -0.409 e. The number of alkyl halides is 3. The second-order valence-corrected chi connectivity index (χ2v) is 4.86. The van der Waals surface area contributed by atoms with E-state index in [2.05, 4.69) is 10.5 Å². The lowest BCUT2D eigenvalue weighted by Crippen LogP contribution is -2.28. The first-order valence-electron chi connectivity index (χ1n) is 6.33. The molecule has 1 fully saturated rings. The number of nitrogens with two attached hydrogens (primary N) is 1. The lowest BCUT2D eigenvalue weighted by atomic mass is 9.85. The summed E-state index contributed by atoms with van der Waals surface area (Å²) in [7, 11) is 0. The second-order valence-electron chi connectivity index (χ2n) is 4.86. The average Bonchev–Trinajstić information content (AvgIpc) is 2.34. The smallest absolute Gasteiger partial charge is 0.409 e. The zero-order valence-electron chi connectivity index (χ0n) is 10.9. The summed E-state index contributed by atoms with van der Waals surface area (Å²) >= 11 is 0. The summed E-state index contributed by atoms with van der Waals surface area (Å²) in [5.74, 6) is -1.06. The van der Waals surface area contributed by atoms with Crippen LogP contribution in [-0.2, 0) is 11.0 Å². The summed E-state index contributed by atoms with van der Waals surface area (Å²) in [6.07, 6.45) is -2.23. The van der Waals surface area contributed by atoms with Gasteiger partial charge in [-0.2, -0.15) is 13.2 Å². The minimum atomic E-state index is -4.68. The lowest BCUT2D eigenvalue weighted by molar-refractivity contribution is -0.137. The van der Waals surface area contributed by atoms with E-state index in [0.29, 0.717) is 0 Å². The minimum absolute atomic E-state index is 0.0358. The fourth-order valence-corrected chi connectivity index (χ4v) is 2.05. The molecule has 0 aromatic heterocycles. The Labute approximate surface area is 118 Å². The number of nitrogens with one attached hydrogen (secondary N) is 1. The molecule has 0 aliphatic heterocycles. The number of anilines is 1. The predicted octanol–water partition coefficient (Wildman–Crippen LogP) is 2.54. The number of carbonyl (C=O) groups is 1. The SMILES string of the molecule is NC(=NO)c1ccc(NC(=O)C2CCC2)cc1C(F)(F)F. The molecule has 0 bridgehead atoms. The molecule has 1 aromatic carbocycles. The van der Waals surface area contributed by atoms with Gasteiger partial charge < -0.3 is 16.3 Å². The van der Waals surface area contributed by atoms with Crippen molar-refractivity contribution in [2.24, 2.45) is 16.8 Å². The van der Waals surface area contributed by atoms with Crippen molar-refractivity contribution in [3.63, 3.8) is 0 Å². The third kappa shape index (κ3) is 3.26. The van der Waals surface area contributed by atoms with Gasteiger partial charge in [-0.25, -0.2) is 0 Å². The third-order valence-electron chi connectivity index (χ3n) is 3.45. The number of oxime groups is 1. The van der Waals surface area contributed by atoms with E-state index >= 15 is 0 Å². The number of amidine groups is 1. The van der Waals surface area contributed by atoms with Crippen molar-refractivity contribution in [2.45, 2.75) is 25.4 Å². The predicted molar refractivity (Wildman–Crippen MR) is 69.9 cm³/mol. The molecule has 5 nitrogen and oxygen atoms in total. The Bertz CT molecular complexity index is 581. The van der Waals surface area contributed by atoms with Crippen molar-refractivity contribution >= 4 is 17.4 Å². The third-order valence-corrected chi connectivity index (χ3v) is 3.45. The van der Waals surface area contributed by atoms with E-state index < -0.39 is 23.1 Å². The van der Waals surface area contributed by atoms with Gasteiger partial charge in [0.2, 0.25) is 5.91 Å². The Kier molecular flexibility index (Phi) is 4.06. The van der Waals surface area contributed by atoms with Gasteiger partial charge in [0.25, 0.3) is 0 Å². The molecule has 21 heavy (non-hydrogen) atoms. The molecule has 1 aliphatic rings. The first kappa shape index (κ1) is 15.1. The quantitative estimate of drug-likeness (QED) is 0.347. The van der Waals surface area contributed by atoms with Crippen molar-refractivity contribution in [3.8, 4) is 0 Å². The van der Waals surface area contributed by atoms with E-state index in [4.69, 9.17) is 10.9 Å². The molecule has 1 aromatic rings. The average molecular weight is 301 g/mol. The highest BCUT2D eigenvalue weighted by atomic mass is 19.4. The molecule has 1 amide bonds. The number of amides is 1. The molecule has 0 saturated heterocycles. The molecule has 8 heteroatoms. The standard InChI is InChI=1S/C13H14F3N3O2/c14-13(15,16)10-6-8(4-5-9(10)11(17)19-21)18-12(20)7-2-1-3-7/h4-7,21H,1-3H2,(H2,17,19)(H,18,20). The topological polar surface area (TPSA) is 87.7 Å². The van der Waals surface area contributed by atoms with Gasteiger partial charge in [-0.15, -0.1) is 0 Å². The number of nitrogens with zero attached hydrogens (tertiary/aromatic N) is 1. The maximum absolute atomic E-state index is 13.0. The van der Waals surface area contributed by atoms with E-state index in [-0.39, 0.29) is 17.5 Å². The van der Waals surface area contributed by atoms with Crippen LogP contribution in [0.25, 0.3) is 0 Å². The fourth-order valence-electron chi connectivity index (χ4n) is 2.05. The molecule has 0 atom stereocenters. The van der Waals surface area contributed by atoms with Gasteiger partial charge in [-0.3, -0.25) is 4.79 Å². The number of hydrogen-bond donors (Lipinski definition) is 3. The highest BCUT2D eigenvalue weighted by molar-refractivity contribution is 6.00. The lowest BCUT2D eigenvalue weighted by Gasteiger charge is -2.24. The number of rotatable bonds is 3. The van der Waals surface area contributed by atoms with E-state index in [1.54, 1.807) is 0 Å². The molecule has 0 heterocycles. The van der Waals surface area contributed by atoms with Crippen molar-refractivity contribution in [2.75, 3.05) is 5.32 Å².